The molecule has 8 rings (SSSR count). The van der Waals surface area contributed by atoms with E-state index in [1.54, 1.807) is 18.2 Å². The number of nitrogens with one attached hydrogen (secondary N) is 2. The highest BCUT2D eigenvalue weighted by molar-refractivity contribution is 7.99. The number of benzene rings is 2. The van der Waals surface area contributed by atoms with Crippen molar-refractivity contribution in [2.45, 2.75) is 91.9 Å². The molecule has 1 saturated carbocycles. The van der Waals surface area contributed by atoms with E-state index in [1.807, 2.05) is 18.2 Å². The summed E-state index contributed by atoms with van der Waals surface area (Å²) < 4.78 is 18.6. The van der Waals surface area contributed by atoms with Crippen LogP contribution in [-0.2, 0) is 14.3 Å². The van der Waals surface area contributed by atoms with E-state index >= 15 is 0 Å². The van der Waals surface area contributed by atoms with Gasteiger partial charge >= 0.3 is 0 Å². The highest BCUT2D eigenvalue weighted by atomic mass is 32.2. The first-order valence-corrected chi connectivity index (χ1v) is 19.3. The summed E-state index contributed by atoms with van der Waals surface area (Å²) in [5, 5.41) is 16.6. The van der Waals surface area contributed by atoms with Crippen LogP contribution < -0.4 is 20.1 Å². The fourth-order valence-corrected chi connectivity index (χ4v) is 8.54. The number of aromatic nitrogens is 1. The molecule has 282 valence electrons. The number of rotatable bonds is 13. The van der Waals surface area contributed by atoms with Gasteiger partial charge in [0.15, 0.2) is 0 Å². The molecule has 15 nitrogen and oxygen atoms in total. The molecule has 54 heavy (non-hydrogen) atoms. The Kier molecular flexibility index (Phi) is 10.2. The van der Waals surface area contributed by atoms with Crippen molar-refractivity contribution in [2.24, 2.45) is 0 Å². The standard InChI is InChI=1S/C38H40N6O9S/c45-34-9-8-31(36(46)41-34)43-37(47)28-6-4-24(19-29(28)38(43)48)51-15-3-1-2-12-42-13-10-23(11-14-42)52-26-17-27(18-26)53-25-5-7-30-32(20-25)54-33-16-22(44(49)50)21-39-35(33)40-30/h4-7,16,19-21,23,26-27,31H,1-3,8-15,17-18H2,(H,39,40)(H,41,45,46). The van der Waals surface area contributed by atoms with E-state index in [9.17, 15) is 29.3 Å². The molecule has 0 bridgehead atoms. The quantitative estimate of drug-likeness (QED) is 0.0783. The third-order valence-corrected chi connectivity index (χ3v) is 11.6. The van der Waals surface area contributed by atoms with E-state index in [2.05, 4.69) is 20.5 Å². The van der Waals surface area contributed by atoms with Crippen molar-refractivity contribution in [3.63, 3.8) is 0 Å². The van der Waals surface area contributed by atoms with Gasteiger partial charge in [-0.2, -0.15) is 0 Å². The molecule has 1 unspecified atom stereocenters. The third-order valence-electron chi connectivity index (χ3n) is 10.5. The van der Waals surface area contributed by atoms with Crippen molar-refractivity contribution in [3.8, 4) is 11.5 Å². The number of carbonyl (C=O) groups excluding carboxylic acids is 4. The van der Waals surface area contributed by atoms with E-state index in [0.29, 0.717) is 23.1 Å². The number of fused-ring (bicyclic) bond motifs is 3. The second-order valence-electron chi connectivity index (χ2n) is 14.3. The molecule has 3 fully saturated rings. The molecule has 0 spiro atoms. The summed E-state index contributed by atoms with van der Waals surface area (Å²) in [6.07, 6.45) is 8.64. The minimum atomic E-state index is -0.989. The van der Waals surface area contributed by atoms with E-state index < -0.39 is 34.6 Å². The lowest BCUT2D eigenvalue weighted by molar-refractivity contribution is -0.385. The van der Waals surface area contributed by atoms with Crippen molar-refractivity contribution in [1.82, 2.24) is 20.1 Å². The van der Waals surface area contributed by atoms with Crippen molar-refractivity contribution in [1.29, 1.82) is 0 Å². The van der Waals surface area contributed by atoms with Crippen LogP contribution in [0.3, 0.4) is 0 Å². The summed E-state index contributed by atoms with van der Waals surface area (Å²) >= 11 is 1.44. The molecule has 4 aliphatic heterocycles. The maximum atomic E-state index is 13.1. The zero-order chi connectivity index (χ0) is 37.3. The van der Waals surface area contributed by atoms with Crippen LogP contribution in [0.4, 0.5) is 17.2 Å². The number of imide groups is 2. The van der Waals surface area contributed by atoms with Crippen LogP contribution in [0.15, 0.2) is 58.5 Å². The van der Waals surface area contributed by atoms with Crippen molar-refractivity contribution < 1.29 is 38.3 Å². The highest BCUT2D eigenvalue weighted by Gasteiger charge is 2.44. The van der Waals surface area contributed by atoms with Crippen molar-refractivity contribution >= 4 is 52.6 Å². The van der Waals surface area contributed by atoms with Crippen molar-refractivity contribution in [3.05, 3.63) is 69.9 Å². The Labute approximate surface area is 315 Å². The van der Waals surface area contributed by atoms with E-state index in [-0.39, 0.29) is 48.0 Å². The number of hydrogen-bond donors (Lipinski definition) is 2. The molecular weight excluding hydrogens is 717 g/mol. The summed E-state index contributed by atoms with van der Waals surface area (Å²) in [5.74, 6) is -0.223. The molecule has 0 radical (unpaired) electrons. The summed E-state index contributed by atoms with van der Waals surface area (Å²) in [4.78, 5) is 69.8. The number of unbranched alkanes of at least 4 members (excludes halogenated alkanes) is 2. The number of nitro groups is 1. The number of piperidine rings is 2. The van der Waals surface area contributed by atoms with Gasteiger partial charge in [0.2, 0.25) is 11.8 Å². The van der Waals surface area contributed by atoms with Gasteiger partial charge in [-0.25, -0.2) is 4.98 Å². The number of hydrogen-bond acceptors (Lipinski definition) is 13. The van der Waals surface area contributed by atoms with E-state index in [4.69, 9.17) is 14.2 Å². The minimum Gasteiger partial charge on any atom is -0.494 e. The SMILES string of the molecule is O=C1CCC(N2C(=O)c3ccc(OCCCCCN4CCC(OC5CC(Oc6ccc7c(c6)Sc6cc([N+](=O)[O-])cnc6N7)C5)CC4)cc3C2=O)C(=O)N1. The fraction of sp³-hybridized carbons (Fsp3) is 0.447. The molecule has 1 aromatic heterocycles. The molecule has 5 heterocycles. The van der Waals surface area contributed by atoms with Gasteiger partial charge < -0.3 is 24.4 Å². The third kappa shape index (κ3) is 7.63. The van der Waals surface area contributed by atoms with Gasteiger partial charge in [0.25, 0.3) is 17.5 Å². The smallest absolute Gasteiger partial charge is 0.288 e. The average molecular weight is 757 g/mol. The Bertz CT molecular complexity index is 2000. The van der Waals surface area contributed by atoms with E-state index in [0.717, 1.165) is 85.8 Å². The van der Waals surface area contributed by atoms with Gasteiger partial charge in [0.1, 0.15) is 35.7 Å². The Hall–Kier alpha value is -5.06. The first-order valence-electron chi connectivity index (χ1n) is 18.4. The van der Waals surface area contributed by atoms with Crippen LogP contribution in [0.25, 0.3) is 0 Å². The lowest BCUT2D eigenvalue weighted by Gasteiger charge is -2.40. The number of anilines is 2. The second-order valence-corrected chi connectivity index (χ2v) is 15.3. The molecule has 5 aliphatic rings. The lowest BCUT2D eigenvalue weighted by atomic mass is 9.91. The average Bonchev–Trinajstić information content (AvgIpc) is 3.39. The highest BCUT2D eigenvalue weighted by Crippen LogP contribution is 2.46. The van der Waals surface area contributed by atoms with Gasteiger partial charge in [-0.1, -0.05) is 11.8 Å². The Morgan fingerprint density at radius 1 is 0.852 bits per heavy atom. The molecular formula is C38H40N6O9S. The van der Waals surface area contributed by atoms with Crippen molar-refractivity contribution in [2.75, 3.05) is 31.6 Å². The normalized spacial score (nSPS) is 22.4. The summed E-state index contributed by atoms with van der Waals surface area (Å²) in [7, 11) is 0. The Balaban J connectivity index is 0.696. The number of ether oxygens (including phenoxy) is 3. The fourth-order valence-electron chi connectivity index (χ4n) is 7.52. The zero-order valence-corrected chi connectivity index (χ0v) is 30.3. The predicted octanol–water partition coefficient (Wildman–Crippen LogP) is 5.24. The number of carbonyl (C=O) groups is 4. The molecule has 2 N–H and O–H groups in total. The molecule has 3 aromatic rings. The van der Waals surface area contributed by atoms with Gasteiger partial charge in [-0.3, -0.25) is 39.5 Å². The summed E-state index contributed by atoms with van der Waals surface area (Å²) in [5.41, 5.74) is 1.31. The van der Waals surface area contributed by atoms with Crippen LogP contribution in [0.5, 0.6) is 11.5 Å². The minimum absolute atomic E-state index is 0.0380. The van der Waals surface area contributed by atoms with Crippen LogP contribution in [-0.4, -0.2) is 93.9 Å². The zero-order valence-electron chi connectivity index (χ0n) is 29.5. The van der Waals surface area contributed by atoms with Crippen LogP contribution in [0, 0.1) is 10.1 Å². The predicted molar refractivity (Wildman–Crippen MR) is 195 cm³/mol. The van der Waals surface area contributed by atoms with Gasteiger partial charge in [0.05, 0.1) is 45.4 Å². The molecule has 2 aromatic carbocycles. The molecule has 1 atom stereocenters. The maximum absolute atomic E-state index is 13.1. The molecule has 4 amide bonds. The van der Waals surface area contributed by atoms with Crippen LogP contribution >= 0.6 is 11.8 Å². The monoisotopic (exact) mass is 756 g/mol. The number of pyridine rings is 1. The Morgan fingerprint density at radius 2 is 1.65 bits per heavy atom. The number of likely N-dealkylation sites (tertiary alicyclic amines) is 1. The van der Waals surface area contributed by atoms with Gasteiger partial charge in [0, 0.05) is 43.3 Å². The Morgan fingerprint density at radius 3 is 2.44 bits per heavy atom. The lowest BCUT2D eigenvalue weighted by Crippen LogP contribution is -2.54. The van der Waals surface area contributed by atoms with Crippen LogP contribution in [0.2, 0.25) is 0 Å². The molecule has 2 saturated heterocycles. The first-order chi connectivity index (χ1) is 26.2. The van der Waals surface area contributed by atoms with Gasteiger partial charge in [-0.05, 0) is 81.5 Å². The number of amides is 4. The van der Waals surface area contributed by atoms with E-state index in [1.165, 1.54) is 24.0 Å². The summed E-state index contributed by atoms with van der Waals surface area (Å²) in [6, 6.07) is 11.2. The molecule has 1 aliphatic carbocycles. The van der Waals surface area contributed by atoms with Gasteiger partial charge in [-0.15, -0.1) is 0 Å². The largest absolute Gasteiger partial charge is 0.494 e. The first kappa shape index (κ1) is 35.9. The number of nitrogens with zero attached hydrogens (tertiary/aromatic N) is 4. The topological polar surface area (TPSA) is 183 Å². The van der Waals surface area contributed by atoms with Crippen LogP contribution in [0.1, 0.15) is 78.5 Å². The molecule has 16 heteroatoms. The summed E-state index contributed by atoms with van der Waals surface area (Å²) in [6.45, 7) is 3.52. The maximum Gasteiger partial charge on any atom is 0.288 e. The second kappa shape index (κ2) is 15.4.